The Labute approximate surface area is 101 Å². The van der Waals surface area contributed by atoms with E-state index in [-0.39, 0.29) is 18.6 Å². The van der Waals surface area contributed by atoms with E-state index in [0.717, 1.165) is 0 Å². The van der Waals surface area contributed by atoms with Crippen molar-refractivity contribution in [1.82, 2.24) is 5.32 Å². The zero-order chi connectivity index (χ0) is 12.8. The summed E-state index contributed by atoms with van der Waals surface area (Å²) in [6, 6.07) is 4.95. The highest BCUT2D eigenvalue weighted by molar-refractivity contribution is 6.00. The number of ether oxygens (including phenoxy) is 1. The maximum atomic E-state index is 11.9. The zero-order valence-electron chi connectivity index (χ0n) is 10.1. The molecule has 0 saturated carbocycles. The molecule has 5 heteroatoms. The van der Waals surface area contributed by atoms with E-state index >= 15 is 0 Å². The molecule has 0 radical (unpaired) electrons. The van der Waals surface area contributed by atoms with Gasteiger partial charge < -0.3 is 20.9 Å². The normalized spacial score (nSPS) is 11.9. The molecule has 0 fully saturated rings. The zero-order valence-corrected chi connectivity index (χ0v) is 10.1. The topological polar surface area (TPSA) is 84.6 Å². The first-order chi connectivity index (χ1) is 8.10. The average molecular weight is 238 g/mol. The van der Waals surface area contributed by atoms with Gasteiger partial charge in [-0.3, -0.25) is 4.79 Å². The van der Waals surface area contributed by atoms with Gasteiger partial charge in [-0.05, 0) is 25.5 Å². The first-order valence-electron chi connectivity index (χ1n) is 5.44. The summed E-state index contributed by atoms with van der Waals surface area (Å²) in [5, 5.41) is 11.5. The molecule has 5 nitrogen and oxygen atoms in total. The predicted molar refractivity (Wildman–Crippen MR) is 66.0 cm³/mol. The second-order valence-electron chi connectivity index (χ2n) is 3.81. The molecular weight excluding hydrogens is 220 g/mol. The van der Waals surface area contributed by atoms with E-state index in [9.17, 15) is 4.79 Å². The Morgan fingerprint density at radius 3 is 2.88 bits per heavy atom. The minimum atomic E-state index is -0.262. The van der Waals surface area contributed by atoms with Gasteiger partial charge in [-0.25, -0.2) is 0 Å². The Balaban J connectivity index is 2.82. The van der Waals surface area contributed by atoms with Crippen molar-refractivity contribution in [3.63, 3.8) is 0 Å². The fourth-order valence-electron chi connectivity index (χ4n) is 1.49. The molecule has 1 aromatic carbocycles. The molecule has 0 spiro atoms. The van der Waals surface area contributed by atoms with Crippen LogP contribution in [0.5, 0.6) is 5.75 Å². The molecule has 0 aliphatic carbocycles. The molecular formula is C12H18N2O3. The van der Waals surface area contributed by atoms with Crippen molar-refractivity contribution in [2.24, 2.45) is 0 Å². The molecule has 1 aromatic rings. The number of nitrogens with one attached hydrogen (secondary N) is 1. The van der Waals surface area contributed by atoms with E-state index in [2.05, 4.69) is 5.32 Å². The Kier molecular flexibility index (Phi) is 4.78. The summed E-state index contributed by atoms with van der Waals surface area (Å²) in [5.41, 5.74) is 6.52. The van der Waals surface area contributed by atoms with E-state index in [1.165, 1.54) is 7.11 Å². The van der Waals surface area contributed by atoms with E-state index < -0.39 is 0 Å². The Hall–Kier alpha value is -1.75. The van der Waals surface area contributed by atoms with Crippen LogP contribution in [0.1, 0.15) is 23.7 Å². The number of para-hydroxylation sites is 1. The number of anilines is 1. The van der Waals surface area contributed by atoms with Crippen molar-refractivity contribution in [2.75, 3.05) is 19.5 Å². The standard InChI is InChI=1S/C12H18N2O3/c1-8(6-7-15)14-12(16)9-4-3-5-10(17-2)11(9)13/h3-5,8,15H,6-7,13H2,1-2H3,(H,14,16). The number of carbonyl (C=O) groups excluding carboxylic acids is 1. The number of rotatable bonds is 5. The number of carbonyl (C=O) groups is 1. The summed E-state index contributed by atoms with van der Waals surface area (Å²) in [7, 11) is 1.50. The molecule has 1 rings (SSSR count). The third-order valence-electron chi connectivity index (χ3n) is 2.47. The highest BCUT2D eigenvalue weighted by atomic mass is 16.5. The summed E-state index contributed by atoms with van der Waals surface area (Å²) in [6.07, 6.45) is 0.510. The lowest BCUT2D eigenvalue weighted by atomic mass is 10.1. The highest BCUT2D eigenvalue weighted by Crippen LogP contribution is 2.24. The van der Waals surface area contributed by atoms with Gasteiger partial charge >= 0.3 is 0 Å². The maximum absolute atomic E-state index is 11.9. The largest absolute Gasteiger partial charge is 0.495 e. The average Bonchev–Trinajstić information content (AvgIpc) is 2.29. The lowest BCUT2D eigenvalue weighted by Gasteiger charge is -2.14. The summed E-state index contributed by atoms with van der Waals surface area (Å²) in [5.74, 6) is 0.217. The molecule has 0 saturated heterocycles. The fraction of sp³-hybridized carbons (Fsp3) is 0.417. The van der Waals surface area contributed by atoms with E-state index in [0.29, 0.717) is 23.4 Å². The number of amides is 1. The van der Waals surface area contributed by atoms with Gasteiger partial charge in [0.25, 0.3) is 5.91 Å². The van der Waals surface area contributed by atoms with Gasteiger partial charge in [0.05, 0.1) is 18.4 Å². The van der Waals surface area contributed by atoms with Gasteiger partial charge in [0, 0.05) is 12.6 Å². The van der Waals surface area contributed by atoms with Gasteiger partial charge in [-0.2, -0.15) is 0 Å². The summed E-state index contributed by atoms with van der Waals surface area (Å²) in [6.45, 7) is 1.86. The Bertz CT molecular complexity index is 393. The number of nitrogen functional groups attached to an aromatic ring is 1. The Morgan fingerprint density at radius 2 is 2.29 bits per heavy atom. The summed E-state index contributed by atoms with van der Waals surface area (Å²) >= 11 is 0. The van der Waals surface area contributed by atoms with Gasteiger partial charge in [0.15, 0.2) is 0 Å². The fourth-order valence-corrected chi connectivity index (χ4v) is 1.49. The number of hydrogen-bond acceptors (Lipinski definition) is 4. The van der Waals surface area contributed by atoms with Gasteiger partial charge in [0.2, 0.25) is 0 Å². The van der Waals surface area contributed by atoms with Crippen LogP contribution in [0.25, 0.3) is 0 Å². The van der Waals surface area contributed by atoms with Crippen LogP contribution in [0, 0.1) is 0 Å². The molecule has 1 unspecified atom stereocenters. The quantitative estimate of drug-likeness (QED) is 0.662. The second-order valence-corrected chi connectivity index (χ2v) is 3.81. The molecule has 1 atom stereocenters. The van der Waals surface area contributed by atoms with E-state index in [1.807, 2.05) is 6.92 Å². The number of aliphatic hydroxyl groups is 1. The van der Waals surface area contributed by atoms with Crippen molar-refractivity contribution in [3.05, 3.63) is 23.8 Å². The van der Waals surface area contributed by atoms with Gasteiger partial charge in [-0.1, -0.05) is 6.07 Å². The monoisotopic (exact) mass is 238 g/mol. The van der Waals surface area contributed by atoms with Crippen molar-refractivity contribution in [3.8, 4) is 5.75 Å². The molecule has 17 heavy (non-hydrogen) atoms. The van der Waals surface area contributed by atoms with Crippen molar-refractivity contribution < 1.29 is 14.6 Å². The van der Waals surface area contributed by atoms with E-state index in [1.54, 1.807) is 18.2 Å². The molecule has 0 aromatic heterocycles. The summed E-state index contributed by atoms with van der Waals surface area (Å²) < 4.78 is 5.04. The third kappa shape index (κ3) is 3.35. The molecule has 0 aliphatic heterocycles. The van der Waals surface area contributed by atoms with Crippen LogP contribution in [-0.4, -0.2) is 30.8 Å². The maximum Gasteiger partial charge on any atom is 0.253 e. The molecule has 0 aliphatic rings. The number of aliphatic hydroxyl groups excluding tert-OH is 1. The number of nitrogens with two attached hydrogens (primary N) is 1. The number of methoxy groups -OCH3 is 1. The van der Waals surface area contributed by atoms with Gasteiger partial charge in [0.1, 0.15) is 5.75 Å². The number of benzene rings is 1. The van der Waals surface area contributed by atoms with Crippen LogP contribution < -0.4 is 15.8 Å². The highest BCUT2D eigenvalue weighted by Gasteiger charge is 2.14. The third-order valence-corrected chi connectivity index (χ3v) is 2.47. The minimum absolute atomic E-state index is 0.0367. The van der Waals surface area contributed by atoms with Crippen LogP contribution in [0.15, 0.2) is 18.2 Å². The predicted octanol–water partition coefficient (Wildman–Crippen LogP) is 0.778. The first kappa shape index (κ1) is 13.3. The molecule has 1 amide bonds. The van der Waals surface area contributed by atoms with Crippen LogP contribution in [0.4, 0.5) is 5.69 Å². The van der Waals surface area contributed by atoms with Crippen LogP contribution in [0.2, 0.25) is 0 Å². The van der Waals surface area contributed by atoms with Crippen molar-refractivity contribution in [2.45, 2.75) is 19.4 Å². The first-order valence-corrected chi connectivity index (χ1v) is 5.44. The summed E-state index contributed by atoms with van der Waals surface area (Å²) in [4.78, 5) is 11.9. The lowest BCUT2D eigenvalue weighted by Crippen LogP contribution is -2.33. The molecule has 94 valence electrons. The molecule has 0 heterocycles. The second kappa shape index (κ2) is 6.10. The van der Waals surface area contributed by atoms with Crippen LogP contribution in [-0.2, 0) is 0 Å². The van der Waals surface area contributed by atoms with Crippen molar-refractivity contribution >= 4 is 11.6 Å². The van der Waals surface area contributed by atoms with Gasteiger partial charge in [-0.15, -0.1) is 0 Å². The van der Waals surface area contributed by atoms with Crippen LogP contribution in [0.3, 0.4) is 0 Å². The lowest BCUT2D eigenvalue weighted by molar-refractivity contribution is 0.0935. The smallest absolute Gasteiger partial charge is 0.253 e. The minimum Gasteiger partial charge on any atom is -0.495 e. The van der Waals surface area contributed by atoms with E-state index in [4.69, 9.17) is 15.6 Å². The molecule has 0 bridgehead atoms. The van der Waals surface area contributed by atoms with Crippen molar-refractivity contribution in [1.29, 1.82) is 0 Å². The van der Waals surface area contributed by atoms with Crippen LogP contribution >= 0.6 is 0 Å². The SMILES string of the molecule is COc1cccc(C(=O)NC(C)CCO)c1N. The Morgan fingerprint density at radius 1 is 1.59 bits per heavy atom. The molecule has 4 N–H and O–H groups in total. The number of hydrogen-bond donors (Lipinski definition) is 3.